The fourth-order valence-corrected chi connectivity index (χ4v) is 1.42. The molecule has 1 unspecified atom stereocenters. The van der Waals surface area contributed by atoms with Crippen molar-refractivity contribution in [2.75, 3.05) is 19.7 Å². The molecule has 2 N–H and O–H groups in total. The van der Waals surface area contributed by atoms with Crippen LogP contribution in [0.15, 0.2) is 24.3 Å². The second kappa shape index (κ2) is 6.71. The van der Waals surface area contributed by atoms with Gasteiger partial charge in [-0.25, -0.2) is 4.39 Å². The Morgan fingerprint density at radius 3 is 2.61 bits per heavy atom. The van der Waals surface area contributed by atoms with Gasteiger partial charge in [-0.3, -0.25) is 0 Å². The molecule has 1 rings (SSSR count). The Balaban J connectivity index is 2.25. The predicted octanol–water partition coefficient (Wildman–Crippen LogP) is 2.20. The average molecular weight is 255 g/mol. The molecule has 0 saturated heterocycles. The predicted molar refractivity (Wildman–Crippen MR) is 70.2 cm³/mol. The quantitative estimate of drug-likeness (QED) is 0.819. The van der Waals surface area contributed by atoms with Crippen LogP contribution in [0.4, 0.5) is 4.39 Å². The molecule has 1 aromatic carbocycles. The minimum Gasteiger partial charge on any atom is -0.488 e. The first kappa shape index (κ1) is 14.9. The molecular formula is C14H22FNO2. The van der Waals surface area contributed by atoms with Gasteiger partial charge in [0.25, 0.3) is 0 Å². The number of para-hydroxylation sites is 1. The minimum absolute atomic E-state index is 0.0814. The van der Waals surface area contributed by atoms with Gasteiger partial charge in [0.1, 0.15) is 12.7 Å². The van der Waals surface area contributed by atoms with E-state index < -0.39 is 11.9 Å². The SMILES string of the molecule is CC(C)(C)CNCC(O)COc1ccccc1F. The molecule has 18 heavy (non-hydrogen) atoms. The number of hydrogen-bond acceptors (Lipinski definition) is 3. The molecule has 102 valence electrons. The van der Waals surface area contributed by atoms with E-state index >= 15 is 0 Å². The van der Waals surface area contributed by atoms with Crippen LogP contribution in [0.25, 0.3) is 0 Å². The second-order valence-electron chi connectivity index (χ2n) is 5.59. The van der Waals surface area contributed by atoms with Crippen LogP contribution in [0.3, 0.4) is 0 Å². The summed E-state index contributed by atoms with van der Waals surface area (Å²) in [6.07, 6.45) is -0.646. The van der Waals surface area contributed by atoms with Gasteiger partial charge in [-0.1, -0.05) is 32.9 Å². The van der Waals surface area contributed by atoms with Crippen molar-refractivity contribution in [3.05, 3.63) is 30.1 Å². The molecule has 1 aromatic rings. The topological polar surface area (TPSA) is 41.5 Å². The van der Waals surface area contributed by atoms with E-state index in [0.29, 0.717) is 6.54 Å². The molecular weight excluding hydrogens is 233 g/mol. The number of rotatable bonds is 6. The lowest BCUT2D eigenvalue weighted by atomic mass is 9.97. The highest BCUT2D eigenvalue weighted by Gasteiger charge is 2.12. The van der Waals surface area contributed by atoms with Crippen LogP contribution in [-0.2, 0) is 0 Å². The molecule has 0 aliphatic heterocycles. The summed E-state index contributed by atoms with van der Waals surface area (Å²) in [5.41, 5.74) is 0.173. The van der Waals surface area contributed by atoms with Crippen molar-refractivity contribution in [1.29, 1.82) is 0 Å². The molecule has 0 fully saturated rings. The Labute approximate surface area is 108 Å². The van der Waals surface area contributed by atoms with E-state index in [4.69, 9.17) is 4.74 Å². The zero-order valence-electron chi connectivity index (χ0n) is 11.2. The number of halogens is 1. The van der Waals surface area contributed by atoms with E-state index in [1.54, 1.807) is 18.2 Å². The van der Waals surface area contributed by atoms with Crippen molar-refractivity contribution in [3.8, 4) is 5.75 Å². The number of aliphatic hydroxyl groups is 1. The van der Waals surface area contributed by atoms with E-state index in [-0.39, 0.29) is 17.8 Å². The lowest BCUT2D eigenvalue weighted by Gasteiger charge is -2.20. The monoisotopic (exact) mass is 255 g/mol. The molecule has 0 saturated carbocycles. The summed E-state index contributed by atoms with van der Waals surface area (Å²) in [6.45, 7) is 7.67. The largest absolute Gasteiger partial charge is 0.488 e. The minimum atomic E-state index is -0.646. The highest BCUT2D eigenvalue weighted by Crippen LogP contribution is 2.15. The maximum absolute atomic E-state index is 13.2. The molecule has 0 aliphatic rings. The molecule has 3 nitrogen and oxygen atoms in total. The smallest absolute Gasteiger partial charge is 0.165 e. The zero-order valence-corrected chi connectivity index (χ0v) is 11.2. The van der Waals surface area contributed by atoms with E-state index in [2.05, 4.69) is 26.1 Å². The van der Waals surface area contributed by atoms with Crippen molar-refractivity contribution in [2.24, 2.45) is 5.41 Å². The Morgan fingerprint density at radius 2 is 2.00 bits per heavy atom. The molecule has 1 atom stereocenters. The van der Waals surface area contributed by atoms with Crippen LogP contribution in [0, 0.1) is 11.2 Å². The fraction of sp³-hybridized carbons (Fsp3) is 0.571. The zero-order chi connectivity index (χ0) is 13.6. The van der Waals surface area contributed by atoms with Gasteiger partial charge in [0, 0.05) is 13.1 Å². The normalized spacial score (nSPS) is 13.4. The van der Waals surface area contributed by atoms with E-state index in [0.717, 1.165) is 6.54 Å². The van der Waals surface area contributed by atoms with Gasteiger partial charge in [-0.05, 0) is 17.5 Å². The number of nitrogens with one attached hydrogen (secondary N) is 1. The average Bonchev–Trinajstić information content (AvgIpc) is 2.26. The molecule has 0 spiro atoms. The summed E-state index contributed by atoms with van der Waals surface area (Å²) in [6, 6.07) is 6.18. The number of hydrogen-bond donors (Lipinski definition) is 2. The van der Waals surface area contributed by atoms with Gasteiger partial charge >= 0.3 is 0 Å². The number of aliphatic hydroxyl groups excluding tert-OH is 1. The Kier molecular flexibility index (Phi) is 5.56. The fourth-order valence-electron chi connectivity index (χ4n) is 1.42. The maximum atomic E-state index is 13.2. The molecule has 0 radical (unpaired) electrons. The standard InChI is InChI=1S/C14H22FNO2/c1-14(2,3)10-16-8-11(17)9-18-13-7-5-4-6-12(13)15/h4-7,11,16-17H,8-10H2,1-3H3. The Hall–Kier alpha value is -1.13. The van der Waals surface area contributed by atoms with Gasteiger partial charge in [0.15, 0.2) is 11.6 Å². The van der Waals surface area contributed by atoms with Crippen LogP contribution < -0.4 is 10.1 Å². The molecule has 0 amide bonds. The first-order valence-electron chi connectivity index (χ1n) is 6.14. The van der Waals surface area contributed by atoms with Crippen LogP contribution in [0.1, 0.15) is 20.8 Å². The highest BCUT2D eigenvalue weighted by molar-refractivity contribution is 5.23. The van der Waals surface area contributed by atoms with Gasteiger partial charge in [-0.15, -0.1) is 0 Å². The Morgan fingerprint density at radius 1 is 1.33 bits per heavy atom. The van der Waals surface area contributed by atoms with Crippen molar-refractivity contribution >= 4 is 0 Å². The summed E-state index contributed by atoms with van der Waals surface area (Å²) >= 11 is 0. The number of benzene rings is 1. The summed E-state index contributed by atoms with van der Waals surface area (Å²) in [5, 5.41) is 12.8. The van der Waals surface area contributed by atoms with Crippen LogP contribution in [-0.4, -0.2) is 30.9 Å². The summed E-state index contributed by atoms with van der Waals surface area (Å²) in [5.74, 6) is -0.236. The third-order valence-corrected chi connectivity index (χ3v) is 2.30. The van der Waals surface area contributed by atoms with E-state index in [1.165, 1.54) is 6.07 Å². The summed E-state index contributed by atoms with van der Waals surface area (Å²) < 4.78 is 18.4. The van der Waals surface area contributed by atoms with Gasteiger partial charge in [0.05, 0.1) is 0 Å². The van der Waals surface area contributed by atoms with Crippen LogP contribution in [0.2, 0.25) is 0 Å². The third-order valence-electron chi connectivity index (χ3n) is 2.30. The lowest BCUT2D eigenvalue weighted by Crippen LogP contribution is -2.36. The van der Waals surface area contributed by atoms with Crippen molar-refractivity contribution < 1.29 is 14.2 Å². The first-order chi connectivity index (χ1) is 8.38. The van der Waals surface area contributed by atoms with Crippen LogP contribution >= 0.6 is 0 Å². The highest BCUT2D eigenvalue weighted by atomic mass is 19.1. The van der Waals surface area contributed by atoms with Gasteiger partial charge in [0.2, 0.25) is 0 Å². The first-order valence-corrected chi connectivity index (χ1v) is 6.14. The van der Waals surface area contributed by atoms with Crippen molar-refractivity contribution in [2.45, 2.75) is 26.9 Å². The van der Waals surface area contributed by atoms with E-state index in [9.17, 15) is 9.50 Å². The van der Waals surface area contributed by atoms with Gasteiger partial charge in [-0.2, -0.15) is 0 Å². The molecule has 0 aliphatic carbocycles. The Bertz CT molecular complexity index is 363. The molecule has 0 bridgehead atoms. The second-order valence-corrected chi connectivity index (χ2v) is 5.59. The molecule has 0 heterocycles. The van der Waals surface area contributed by atoms with Crippen molar-refractivity contribution in [1.82, 2.24) is 5.32 Å². The van der Waals surface area contributed by atoms with Crippen molar-refractivity contribution in [3.63, 3.8) is 0 Å². The number of ether oxygens (including phenoxy) is 1. The van der Waals surface area contributed by atoms with Crippen LogP contribution in [0.5, 0.6) is 5.75 Å². The maximum Gasteiger partial charge on any atom is 0.165 e. The summed E-state index contributed by atoms with van der Waals surface area (Å²) in [7, 11) is 0. The molecule has 0 aromatic heterocycles. The third kappa shape index (κ3) is 5.98. The summed E-state index contributed by atoms with van der Waals surface area (Å²) in [4.78, 5) is 0. The van der Waals surface area contributed by atoms with Gasteiger partial charge < -0.3 is 15.2 Å². The lowest BCUT2D eigenvalue weighted by molar-refractivity contribution is 0.102. The van der Waals surface area contributed by atoms with E-state index in [1.807, 2.05) is 0 Å². The molecule has 4 heteroatoms.